The van der Waals surface area contributed by atoms with Crippen molar-refractivity contribution in [3.05, 3.63) is 0 Å². The van der Waals surface area contributed by atoms with E-state index in [0.717, 1.165) is 0 Å². The van der Waals surface area contributed by atoms with Gasteiger partial charge < -0.3 is 0 Å². The van der Waals surface area contributed by atoms with Crippen molar-refractivity contribution < 1.29 is 0 Å². The molecule has 0 rings (SSSR count). The lowest BCUT2D eigenvalue weighted by Crippen LogP contribution is -2.14. The summed E-state index contributed by atoms with van der Waals surface area (Å²) in [5, 5.41) is 0. The zero-order chi connectivity index (χ0) is 10.6. The standard InChI is InChI=1S/C12H27NP/c1-3-5-7-9-11-13(14)12-10-8-6-4-2/h14H,3-12H2,1-2H3. The molecule has 1 radical (unpaired) electrons. The fraction of sp³-hybridized carbons (Fsp3) is 1.00. The first-order valence-electron chi connectivity index (χ1n) is 6.27. The highest BCUT2D eigenvalue weighted by Crippen LogP contribution is 2.08. The molecule has 0 aromatic rings. The summed E-state index contributed by atoms with van der Waals surface area (Å²) < 4.78 is 2.30. The molecule has 0 saturated carbocycles. The van der Waals surface area contributed by atoms with Crippen LogP contribution in [0.5, 0.6) is 0 Å². The van der Waals surface area contributed by atoms with Gasteiger partial charge in [-0.3, -0.25) is 4.67 Å². The van der Waals surface area contributed by atoms with Crippen molar-refractivity contribution in [1.82, 2.24) is 4.67 Å². The normalized spacial score (nSPS) is 11.1. The highest BCUT2D eigenvalue weighted by molar-refractivity contribution is 7.13. The molecule has 0 aliphatic rings. The Morgan fingerprint density at radius 1 is 0.714 bits per heavy atom. The van der Waals surface area contributed by atoms with Crippen molar-refractivity contribution in [2.24, 2.45) is 0 Å². The summed E-state index contributed by atoms with van der Waals surface area (Å²) in [6.45, 7) is 6.94. The van der Waals surface area contributed by atoms with Gasteiger partial charge in [0, 0.05) is 13.1 Å². The minimum Gasteiger partial charge on any atom is -0.280 e. The average Bonchev–Trinajstić information content (AvgIpc) is 2.19. The molecule has 0 N–H and O–H groups in total. The number of nitrogens with zero attached hydrogens (tertiary/aromatic N) is 1. The molecular weight excluding hydrogens is 189 g/mol. The molecule has 85 valence electrons. The molecule has 0 amide bonds. The first-order chi connectivity index (χ1) is 6.81. The van der Waals surface area contributed by atoms with Crippen molar-refractivity contribution in [2.45, 2.75) is 65.2 Å². The van der Waals surface area contributed by atoms with Crippen LogP contribution in [-0.4, -0.2) is 17.8 Å². The molecule has 14 heavy (non-hydrogen) atoms. The molecule has 0 fully saturated rings. The minimum absolute atomic E-state index is 1.21. The van der Waals surface area contributed by atoms with Crippen LogP contribution in [0.25, 0.3) is 0 Å². The van der Waals surface area contributed by atoms with Gasteiger partial charge in [-0.1, -0.05) is 52.4 Å². The maximum atomic E-state index is 3.67. The minimum atomic E-state index is 1.21. The van der Waals surface area contributed by atoms with Crippen LogP contribution in [0.4, 0.5) is 0 Å². The predicted octanol–water partition coefficient (Wildman–Crippen LogP) is 4.51. The van der Waals surface area contributed by atoms with Crippen LogP contribution in [0.3, 0.4) is 0 Å². The van der Waals surface area contributed by atoms with Crippen molar-refractivity contribution in [3.63, 3.8) is 0 Å². The number of rotatable bonds is 10. The van der Waals surface area contributed by atoms with Crippen molar-refractivity contribution >= 4 is 9.39 Å². The molecule has 0 aliphatic carbocycles. The van der Waals surface area contributed by atoms with E-state index in [-0.39, 0.29) is 0 Å². The van der Waals surface area contributed by atoms with E-state index in [4.69, 9.17) is 0 Å². The summed E-state index contributed by atoms with van der Waals surface area (Å²) in [6, 6.07) is 0. The third kappa shape index (κ3) is 10.5. The Morgan fingerprint density at radius 2 is 1.14 bits per heavy atom. The topological polar surface area (TPSA) is 3.24 Å². The van der Waals surface area contributed by atoms with Gasteiger partial charge in [-0.05, 0) is 22.2 Å². The number of hydrogen-bond donors (Lipinski definition) is 0. The quantitative estimate of drug-likeness (QED) is 0.383. The first-order valence-corrected chi connectivity index (χ1v) is 6.72. The van der Waals surface area contributed by atoms with Gasteiger partial charge in [0.15, 0.2) is 0 Å². The average molecular weight is 216 g/mol. The Labute approximate surface area is 92.9 Å². The maximum absolute atomic E-state index is 3.67. The molecular formula is C12H27NP. The number of unbranched alkanes of at least 4 members (excludes halogenated alkanes) is 6. The van der Waals surface area contributed by atoms with Crippen molar-refractivity contribution in [1.29, 1.82) is 0 Å². The van der Waals surface area contributed by atoms with E-state index in [1.54, 1.807) is 0 Å². The molecule has 0 saturated heterocycles. The second kappa shape index (κ2) is 11.5. The lowest BCUT2D eigenvalue weighted by molar-refractivity contribution is 0.427. The molecule has 1 nitrogen and oxygen atoms in total. The van der Waals surface area contributed by atoms with Crippen molar-refractivity contribution in [3.8, 4) is 0 Å². The van der Waals surface area contributed by atoms with E-state index in [1.807, 2.05) is 0 Å². The van der Waals surface area contributed by atoms with E-state index in [2.05, 4.69) is 27.9 Å². The van der Waals surface area contributed by atoms with E-state index < -0.39 is 0 Å². The Bertz CT molecular complexity index is 94.5. The second-order valence-corrected chi connectivity index (χ2v) is 4.74. The van der Waals surface area contributed by atoms with Crippen LogP contribution < -0.4 is 0 Å². The zero-order valence-electron chi connectivity index (χ0n) is 10.0. The monoisotopic (exact) mass is 216 g/mol. The van der Waals surface area contributed by atoms with Gasteiger partial charge in [0.2, 0.25) is 0 Å². The third-order valence-electron chi connectivity index (χ3n) is 2.56. The first kappa shape index (κ1) is 14.4. The largest absolute Gasteiger partial charge is 0.280 e. The predicted molar refractivity (Wildman–Crippen MR) is 68.2 cm³/mol. The molecule has 0 spiro atoms. The van der Waals surface area contributed by atoms with Crippen LogP contribution in [-0.2, 0) is 0 Å². The molecule has 0 bridgehead atoms. The van der Waals surface area contributed by atoms with Gasteiger partial charge in [0.05, 0.1) is 0 Å². The summed E-state index contributed by atoms with van der Waals surface area (Å²) >= 11 is 0. The molecule has 0 aromatic carbocycles. The SMILES string of the molecule is CCCCCCN([PH])CCCCCC. The fourth-order valence-electron chi connectivity index (χ4n) is 1.57. The van der Waals surface area contributed by atoms with Gasteiger partial charge in [-0.15, -0.1) is 0 Å². The van der Waals surface area contributed by atoms with Gasteiger partial charge in [0.1, 0.15) is 0 Å². The zero-order valence-corrected chi connectivity index (χ0v) is 11.0. The number of hydrogen-bond acceptors (Lipinski definition) is 1. The van der Waals surface area contributed by atoms with E-state index >= 15 is 0 Å². The highest BCUT2D eigenvalue weighted by Gasteiger charge is 1.97. The van der Waals surface area contributed by atoms with Gasteiger partial charge >= 0.3 is 0 Å². The Balaban J connectivity index is 3.07. The Kier molecular flexibility index (Phi) is 11.8. The molecule has 0 unspecified atom stereocenters. The molecule has 0 heterocycles. The Hall–Kier alpha value is 0.390. The van der Waals surface area contributed by atoms with Crippen LogP contribution in [0.1, 0.15) is 65.2 Å². The van der Waals surface area contributed by atoms with Crippen LogP contribution in [0, 0.1) is 0 Å². The van der Waals surface area contributed by atoms with Crippen LogP contribution in [0.2, 0.25) is 0 Å². The van der Waals surface area contributed by atoms with E-state index in [1.165, 1.54) is 64.5 Å². The van der Waals surface area contributed by atoms with E-state index in [9.17, 15) is 0 Å². The van der Waals surface area contributed by atoms with Crippen molar-refractivity contribution in [2.75, 3.05) is 13.1 Å². The second-order valence-electron chi connectivity index (χ2n) is 4.11. The summed E-state index contributed by atoms with van der Waals surface area (Å²) in [6.07, 6.45) is 10.9. The lowest BCUT2D eigenvalue weighted by atomic mass is 10.2. The van der Waals surface area contributed by atoms with Gasteiger partial charge in [-0.2, -0.15) is 0 Å². The molecule has 0 atom stereocenters. The molecule has 2 heteroatoms. The summed E-state index contributed by atoms with van der Waals surface area (Å²) in [5.74, 6) is 0. The van der Waals surface area contributed by atoms with Gasteiger partial charge in [-0.25, -0.2) is 0 Å². The lowest BCUT2D eigenvalue weighted by Gasteiger charge is -2.14. The molecule has 0 aliphatic heterocycles. The summed E-state index contributed by atoms with van der Waals surface area (Å²) in [7, 11) is 3.67. The molecule has 0 aromatic heterocycles. The summed E-state index contributed by atoms with van der Waals surface area (Å²) in [5.41, 5.74) is 0. The summed E-state index contributed by atoms with van der Waals surface area (Å²) in [4.78, 5) is 0. The van der Waals surface area contributed by atoms with E-state index in [0.29, 0.717) is 0 Å². The maximum Gasteiger partial charge on any atom is 0.00220 e. The smallest absolute Gasteiger partial charge is 0.00220 e. The van der Waals surface area contributed by atoms with Crippen LogP contribution in [0.15, 0.2) is 0 Å². The highest BCUT2D eigenvalue weighted by atomic mass is 31.0. The fourth-order valence-corrected chi connectivity index (χ4v) is 1.89. The van der Waals surface area contributed by atoms with Crippen LogP contribution >= 0.6 is 9.39 Å². The third-order valence-corrected chi connectivity index (χ3v) is 3.01. The Morgan fingerprint density at radius 3 is 1.50 bits per heavy atom. The van der Waals surface area contributed by atoms with Gasteiger partial charge in [0.25, 0.3) is 0 Å².